The molecule has 5 heteroatoms. The van der Waals surface area contributed by atoms with Crippen LogP contribution in [0.15, 0.2) is 48.5 Å². The predicted molar refractivity (Wildman–Crippen MR) is 80.9 cm³/mol. The highest BCUT2D eigenvalue weighted by Crippen LogP contribution is 2.46. The lowest BCUT2D eigenvalue weighted by molar-refractivity contribution is 0.462. The second-order valence-corrected chi connectivity index (χ2v) is 5.39. The van der Waals surface area contributed by atoms with Crippen molar-refractivity contribution in [3.8, 4) is 16.2 Å². The predicted octanol–water partition coefficient (Wildman–Crippen LogP) is 4.13. The lowest BCUT2D eigenvalue weighted by Gasteiger charge is -2.06. The number of fused-ring (bicyclic) bond motifs is 1. The molecule has 1 radical (unpaired) electrons. The average Bonchev–Trinajstić information content (AvgIpc) is 2.78. The fourth-order valence-corrected chi connectivity index (χ4v) is 3.34. The van der Waals surface area contributed by atoms with Crippen molar-refractivity contribution in [1.82, 2.24) is 0 Å². The molecule has 1 N–H and O–H groups in total. The van der Waals surface area contributed by atoms with Crippen LogP contribution in [0, 0.1) is 0 Å². The van der Waals surface area contributed by atoms with Gasteiger partial charge in [-0.2, -0.15) is 0 Å². The van der Waals surface area contributed by atoms with Gasteiger partial charge in [0.2, 0.25) is 0 Å². The summed E-state index contributed by atoms with van der Waals surface area (Å²) in [4.78, 5) is 0. The van der Waals surface area contributed by atoms with Crippen molar-refractivity contribution in [3.63, 3.8) is 0 Å². The Labute approximate surface area is 120 Å². The summed E-state index contributed by atoms with van der Waals surface area (Å²) in [7, 11) is 0.699. The topological polar surface area (TPSA) is 29.5 Å². The van der Waals surface area contributed by atoms with Crippen LogP contribution in [0.2, 0.25) is 5.02 Å². The van der Waals surface area contributed by atoms with Gasteiger partial charge in [-0.3, -0.25) is 0 Å². The van der Waals surface area contributed by atoms with Gasteiger partial charge in [0.25, 0.3) is 0 Å². The Kier molecular flexibility index (Phi) is 3.47. The van der Waals surface area contributed by atoms with Gasteiger partial charge in [-0.1, -0.05) is 59.3 Å². The summed E-state index contributed by atoms with van der Waals surface area (Å²) >= 11 is 7.74. The molecule has 2 nitrogen and oxygen atoms in total. The van der Waals surface area contributed by atoms with Gasteiger partial charge in [-0.15, -0.1) is 0 Å². The summed E-state index contributed by atoms with van der Waals surface area (Å²) in [5.41, 5.74) is 1.81. The van der Waals surface area contributed by atoms with Crippen molar-refractivity contribution in [2.24, 2.45) is 0 Å². The van der Waals surface area contributed by atoms with Crippen LogP contribution < -0.4 is 4.65 Å². The van der Waals surface area contributed by atoms with Crippen LogP contribution in [0.4, 0.5) is 0 Å². The van der Waals surface area contributed by atoms with E-state index in [4.69, 9.17) is 21.3 Å². The van der Waals surface area contributed by atoms with Gasteiger partial charge in [0.05, 0.1) is 0 Å². The third-order valence-electron chi connectivity index (χ3n) is 2.87. The fraction of sp³-hybridized carbons (Fsp3) is 0. The van der Waals surface area contributed by atoms with E-state index < -0.39 is 0 Å². The lowest BCUT2D eigenvalue weighted by Crippen LogP contribution is -1.99. The van der Waals surface area contributed by atoms with Crippen molar-refractivity contribution >= 4 is 40.7 Å². The van der Waals surface area contributed by atoms with E-state index >= 15 is 0 Å². The third kappa shape index (κ3) is 2.23. The Morgan fingerprint density at radius 3 is 2.58 bits per heavy atom. The van der Waals surface area contributed by atoms with Crippen LogP contribution in [0.1, 0.15) is 0 Å². The summed E-state index contributed by atoms with van der Waals surface area (Å²) in [6.45, 7) is 0. The average molecular weight is 288 g/mol. The van der Waals surface area contributed by atoms with Gasteiger partial charge in [0.15, 0.2) is 5.06 Å². The number of halogens is 1. The van der Waals surface area contributed by atoms with E-state index in [2.05, 4.69) is 0 Å². The van der Waals surface area contributed by atoms with Crippen molar-refractivity contribution in [1.29, 1.82) is 0 Å². The van der Waals surface area contributed by atoms with E-state index in [0.29, 0.717) is 17.8 Å². The van der Waals surface area contributed by atoms with Crippen molar-refractivity contribution < 1.29 is 9.68 Å². The summed E-state index contributed by atoms with van der Waals surface area (Å²) in [5.74, 6) is 0. The second kappa shape index (κ2) is 5.25. The van der Waals surface area contributed by atoms with Crippen LogP contribution in [0.3, 0.4) is 0 Å². The van der Waals surface area contributed by atoms with E-state index in [1.165, 1.54) is 11.3 Å². The molecule has 0 fully saturated rings. The second-order valence-electron chi connectivity index (χ2n) is 3.96. The lowest BCUT2D eigenvalue weighted by atomic mass is 10.0. The van der Waals surface area contributed by atoms with Crippen LogP contribution in [0.5, 0.6) is 5.06 Å². The van der Waals surface area contributed by atoms with E-state index in [0.717, 1.165) is 21.2 Å². The molecule has 0 aliphatic rings. The van der Waals surface area contributed by atoms with Crippen molar-refractivity contribution in [2.75, 3.05) is 0 Å². The zero-order valence-corrected chi connectivity index (χ0v) is 11.4. The van der Waals surface area contributed by atoms with Crippen LogP contribution in [-0.2, 0) is 0 Å². The SMILES string of the molecule is O[B]Oc1sc2ccccc2c1-c1ccccc1Cl. The zero-order chi connectivity index (χ0) is 13.2. The molecule has 0 atom stereocenters. The van der Waals surface area contributed by atoms with E-state index in [1.807, 2.05) is 48.5 Å². The largest absolute Gasteiger partial charge is 0.569 e. The molecule has 93 valence electrons. The van der Waals surface area contributed by atoms with Crippen molar-refractivity contribution in [2.45, 2.75) is 0 Å². The summed E-state index contributed by atoms with van der Waals surface area (Å²) in [5, 5.41) is 11.3. The van der Waals surface area contributed by atoms with Crippen molar-refractivity contribution in [3.05, 3.63) is 53.6 Å². The van der Waals surface area contributed by atoms with Gasteiger partial charge in [0, 0.05) is 26.2 Å². The standard InChI is InChI=1S/C14H9BClO2S/c16-11-7-3-1-5-9(11)13-10-6-2-4-8-12(10)19-14(13)18-15-17/h1-8,17H. The number of rotatable bonds is 3. The molecule has 0 aliphatic heterocycles. The fourth-order valence-electron chi connectivity index (χ4n) is 2.07. The minimum atomic E-state index is 0.636. The van der Waals surface area contributed by atoms with Gasteiger partial charge in [0.1, 0.15) is 0 Å². The molecule has 0 saturated carbocycles. The monoisotopic (exact) mass is 287 g/mol. The Morgan fingerprint density at radius 2 is 1.79 bits per heavy atom. The number of benzene rings is 2. The highest BCUT2D eigenvalue weighted by molar-refractivity contribution is 7.21. The van der Waals surface area contributed by atoms with Gasteiger partial charge < -0.3 is 9.68 Å². The normalized spacial score (nSPS) is 10.6. The molecule has 0 bridgehead atoms. The molecule has 1 heterocycles. The van der Waals surface area contributed by atoms with Crippen LogP contribution in [0.25, 0.3) is 21.2 Å². The molecular weight excluding hydrogens is 278 g/mol. The Bertz CT molecular complexity index is 726. The molecule has 19 heavy (non-hydrogen) atoms. The van der Waals surface area contributed by atoms with Gasteiger partial charge in [-0.25, -0.2) is 0 Å². The Hall–Kier alpha value is -1.49. The summed E-state index contributed by atoms with van der Waals surface area (Å²) in [6.07, 6.45) is 0. The molecule has 2 aromatic carbocycles. The molecule has 1 aromatic heterocycles. The molecule has 3 rings (SSSR count). The first kappa shape index (κ1) is 12.5. The van der Waals surface area contributed by atoms with E-state index in [1.54, 1.807) is 0 Å². The quantitative estimate of drug-likeness (QED) is 0.734. The highest BCUT2D eigenvalue weighted by Gasteiger charge is 2.17. The maximum Gasteiger partial charge on any atom is 0.569 e. The Morgan fingerprint density at radius 1 is 1.05 bits per heavy atom. The van der Waals surface area contributed by atoms with E-state index in [-0.39, 0.29) is 0 Å². The smallest absolute Gasteiger partial charge is 0.529 e. The molecule has 0 unspecified atom stereocenters. The first-order valence-corrected chi connectivity index (χ1v) is 6.89. The Balaban J connectivity index is 2.31. The summed E-state index contributed by atoms with van der Waals surface area (Å²) < 4.78 is 6.31. The molecule has 0 amide bonds. The van der Waals surface area contributed by atoms with Crippen LogP contribution in [-0.4, -0.2) is 12.7 Å². The molecule has 0 aliphatic carbocycles. The first-order valence-electron chi connectivity index (χ1n) is 5.70. The van der Waals surface area contributed by atoms with Crippen LogP contribution >= 0.6 is 22.9 Å². The minimum Gasteiger partial charge on any atom is -0.529 e. The molecule has 3 aromatic rings. The van der Waals surface area contributed by atoms with E-state index in [9.17, 15) is 0 Å². The minimum absolute atomic E-state index is 0.636. The van der Waals surface area contributed by atoms with Gasteiger partial charge >= 0.3 is 7.69 Å². The summed E-state index contributed by atoms with van der Waals surface area (Å²) in [6, 6.07) is 15.6. The number of thiophene rings is 1. The highest BCUT2D eigenvalue weighted by atomic mass is 35.5. The number of hydrogen-bond donors (Lipinski definition) is 1. The number of hydrogen-bond acceptors (Lipinski definition) is 3. The molecular formula is C14H9BClO2S. The molecule has 0 spiro atoms. The third-order valence-corrected chi connectivity index (χ3v) is 4.26. The first-order chi connectivity index (χ1) is 9.31. The van der Waals surface area contributed by atoms with Gasteiger partial charge in [-0.05, 0) is 12.1 Å². The maximum atomic E-state index is 8.91. The zero-order valence-electron chi connectivity index (χ0n) is 9.84. The molecule has 0 saturated heterocycles. The maximum absolute atomic E-state index is 8.91.